The highest BCUT2D eigenvalue weighted by molar-refractivity contribution is 5.81. The summed E-state index contributed by atoms with van der Waals surface area (Å²) >= 11 is 0. The fourth-order valence-corrected chi connectivity index (χ4v) is 2.47. The smallest absolute Gasteiger partial charge is 0.236 e. The van der Waals surface area contributed by atoms with E-state index in [9.17, 15) is 9.59 Å². The van der Waals surface area contributed by atoms with Gasteiger partial charge in [-0.3, -0.25) is 19.4 Å². The largest absolute Gasteiger partial charge is 0.379 e. The maximum absolute atomic E-state index is 12.2. The number of nitrogens with zero attached hydrogens (tertiary/aromatic N) is 3. The van der Waals surface area contributed by atoms with Crippen LogP contribution in [0.4, 0.5) is 0 Å². The number of carbonyl (C=O) groups is 2. The third kappa shape index (κ3) is 6.85. The third-order valence-electron chi connectivity index (χ3n) is 4.26. The SMILES string of the molecule is CCN(CC(=O)NCC(C)(C)N1CCOCC1)CC(=O)N(C)C. The Morgan fingerprint density at radius 1 is 1.17 bits per heavy atom. The van der Waals surface area contributed by atoms with Crippen LogP contribution in [-0.4, -0.2) is 98.6 Å². The maximum atomic E-state index is 12.2. The average Bonchev–Trinajstić information content (AvgIpc) is 2.53. The van der Waals surface area contributed by atoms with E-state index in [2.05, 4.69) is 24.1 Å². The summed E-state index contributed by atoms with van der Waals surface area (Å²) in [6.07, 6.45) is 0. The Hall–Kier alpha value is -1.18. The van der Waals surface area contributed by atoms with Crippen molar-refractivity contribution in [3.05, 3.63) is 0 Å². The van der Waals surface area contributed by atoms with Gasteiger partial charge < -0.3 is 15.0 Å². The summed E-state index contributed by atoms with van der Waals surface area (Å²) in [7, 11) is 3.45. The van der Waals surface area contributed by atoms with Crippen LogP contribution in [0.5, 0.6) is 0 Å². The lowest BCUT2D eigenvalue weighted by molar-refractivity contribution is -0.130. The second-order valence-electron chi connectivity index (χ2n) is 6.78. The van der Waals surface area contributed by atoms with Crippen molar-refractivity contribution in [2.45, 2.75) is 26.3 Å². The molecule has 1 N–H and O–H groups in total. The first-order valence-corrected chi connectivity index (χ1v) is 8.28. The Balaban J connectivity index is 2.40. The van der Waals surface area contributed by atoms with Gasteiger partial charge in [0.1, 0.15) is 0 Å². The van der Waals surface area contributed by atoms with E-state index in [4.69, 9.17) is 4.74 Å². The highest BCUT2D eigenvalue weighted by atomic mass is 16.5. The summed E-state index contributed by atoms with van der Waals surface area (Å²) in [4.78, 5) is 29.7. The molecule has 1 fully saturated rings. The molecular weight excluding hydrogens is 296 g/mol. The molecule has 0 unspecified atom stereocenters. The number of amides is 2. The number of morpholine rings is 1. The first-order valence-electron chi connectivity index (χ1n) is 8.28. The number of ether oxygens (including phenoxy) is 1. The molecule has 1 aliphatic rings. The Bertz CT molecular complexity index is 393. The Morgan fingerprint density at radius 3 is 2.30 bits per heavy atom. The molecule has 7 heteroatoms. The molecule has 0 bridgehead atoms. The molecular formula is C16H32N4O3. The van der Waals surface area contributed by atoms with Gasteiger partial charge in [0.25, 0.3) is 0 Å². The number of hydrogen-bond donors (Lipinski definition) is 1. The molecule has 1 saturated heterocycles. The van der Waals surface area contributed by atoms with Gasteiger partial charge in [-0.25, -0.2) is 0 Å². The van der Waals surface area contributed by atoms with Crippen molar-refractivity contribution in [1.82, 2.24) is 20.0 Å². The van der Waals surface area contributed by atoms with Gasteiger partial charge in [-0.05, 0) is 20.4 Å². The van der Waals surface area contributed by atoms with E-state index in [0.717, 1.165) is 26.3 Å². The molecule has 0 atom stereocenters. The van der Waals surface area contributed by atoms with Crippen LogP contribution in [-0.2, 0) is 14.3 Å². The lowest BCUT2D eigenvalue weighted by atomic mass is 10.0. The third-order valence-corrected chi connectivity index (χ3v) is 4.26. The molecule has 1 rings (SSSR count). The molecule has 2 amide bonds. The Morgan fingerprint density at radius 2 is 1.78 bits per heavy atom. The minimum Gasteiger partial charge on any atom is -0.379 e. The summed E-state index contributed by atoms with van der Waals surface area (Å²) in [5, 5.41) is 3.00. The summed E-state index contributed by atoms with van der Waals surface area (Å²) in [6, 6.07) is 0. The normalized spacial score (nSPS) is 16.4. The highest BCUT2D eigenvalue weighted by Gasteiger charge is 2.28. The summed E-state index contributed by atoms with van der Waals surface area (Å²) in [5.41, 5.74) is -0.101. The zero-order valence-corrected chi connectivity index (χ0v) is 15.2. The average molecular weight is 328 g/mol. The van der Waals surface area contributed by atoms with Crippen LogP contribution < -0.4 is 5.32 Å². The van der Waals surface area contributed by atoms with Crippen LogP contribution >= 0.6 is 0 Å². The lowest BCUT2D eigenvalue weighted by Gasteiger charge is -2.41. The number of carbonyl (C=O) groups excluding carboxylic acids is 2. The predicted octanol–water partition coefficient (Wildman–Crippen LogP) is -0.376. The summed E-state index contributed by atoms with van der Waals surface area (Å²) in [5.74, 6) is -0.0342. The van der Waals surface area contributed by atoms with Crippen molar-refractivity contribution in [2.24, 2.45) is 0 Å². The van der Waals surface area contributed by atoms with E-state index in [0.29, 0.717) is 13.1 Å². The first-order chi connectivity index (χ1) is 10.8. The minimum absolute atomic E-state index is 0.00768. The molecule has 0 spiro atoms. The number of likely N-dealkylation sites (N-methyl/N-ethyl adjacent to an activating group) is 2. The molecule has 1 aliphatic heterocycles. The van der Waals surface area contributed by atoms with Crippen molar-refractivity contribution in [3.63, 3.8) is 0 Å². The van der Waals surface area contributed by atoms with Crippen molar-refractivity contribution in [1.29, 1.82) is 0 Å². The van der Waals surface area contributed by atoms with Crippen LogP contribution in [0.15, 0.2) is 0 Å². The number of hydrogen-bond acceptors (Lipinski definition) is 5. The first kappa shape index (κ1) is 19.9. The highest BCUT2D eigenvalue weighted by Crippen LogP contribution is 2.14. The van der Waals surface area contributed by atoms with Gasteiger partial charge in [-0.1, -0.05) is 6.92 Å². The predicted molar refractivity (Wildman–Crippen MR) is 90.3 cm³/mol. The van der Waals surface area contributed by atoms with Crippen LogP contribution in [0.25, 0.3) is 0 Å². The van der Waals surface area contributed by atoms with Gasteiger partial charge >= 0.3 is 0 Å². The van der Waals surface area contributed by atoms with Crippen molar-refractivity contribution in [3.8, 4) is 0 Å². The van der Waals surface area contributed by atoms with E-state index in [1.165, 1.54) is 0 Å². The van der Waals surface area contributed by atoms with E-state index in [1.807, 2.05) is 11.8 Å². The standard InChI is InChI=1S/C16H32N4O3/c1-6-19(12-15(22)18(4)5)11-14(21)17-13-16(2,3)20-7-9-23-10-8-20/h6-13H2,1-5H3,(H,17,21). The zero-order chi connectivity index (χ0) is 17.5. The van der Waals surface area contributed by atoms with Gasteiger partial charge in [0.05, 0.1) is 26.3 Å². The summed E-state index contributed by atoms with van der Waals surface area (Å²) in [6.45, 7) is 11.2. The fourth-order valence-electron chi connectivity index (χ4n) is 2.47. The van der Waals surface area contributed by atoms with Crippen LogP contribution in [0.1, 0.15) is 20.8 Å². The van der Waals surface area contributed by atoms with Crippen LogP contribution in [0.3, 0.4) is 0 Å². The second-order valence-corrected chi connectivity index (χ2v) is 6.78. The summed E-state index contributed by atoms with van der Waals surface area (Å²) < 4.78 is 5.37. The molecule has 0 aromatic carbocycles. The van der Waals surface area contributed by atoms with E-state index >= 15 is 0 Å². The quantitative estimate of drug-likeness (QED) is 0.658. The second kappa shape index (κ2) is 9.20. The molecule has 0 aromatic rings. The molecule has 7 nitrogen and oxygen atoms in total. The Labute approximate surface area is 139 Å². The number of nitrogens with one attached hydrogen (secondary N) is 1. The van der Waals surface area contributed by atoms with Crippen LogP contribution in [0.2, 0.25) is 0 Å². The van der Waals surface area contributed by atoms with Crippen molar-refractivity contribution >= 4 is 11.8 Å². The molecule has 0 aliphatic carbocycles. The molecule has 0 aromatic heterocycles. The molecule has 0 saturated carbocycles. The van der Waals surface area contributed by atoms with E-state index in [-0.39, 0.29) is 30.4 Å². The topological polar surface area (TPSA) is 65.1 Å². The zero-order valence-electron chi connectivity index (χ0n) is 15.2. The maximum Gasteiger partial charge on any atom is 0.236 e. The monoisotopic (exact) mass is 328 g/mol. The molecule has 0 radical (unpaired) electrons. The van der Waals surface area contributed by atoms with Gasteiger partial charge in [0.15, 0.2) is 0 Å². The molecule has 1 heterocycles. The van der Waals surface area contributed by atoms with Gasteiger partial charge in [0, 0.05) is 39.3 Å². The van der Waals surface area contributed by atoms with Gasteiger partial charge in [-0.15, -0.1) is 0 Å². The van der Waals surface area contributed by atoms with Crippen LogP contribution in [0, 0.1) is 0 Å². The van der Waals surface area contributed by atoms with E-state index < -0.39 is 0 Å². The van der Waals surface area contributed by atoms with E-state index in [1.54, 1.807) is 19.0 Å². The molecule has 23 heavy (non-hydrogen) atoms. The fraction of sp³-hybridized carbons (Fsp3) is 0.875. The lowest BCUT2D eigenvalue weighted by Crippen LogP contribution is -2.56. The van der Waals surface area contributed by atoms with Gasteiger partial charge in [-0.2, -0.15) is 0 Å². The molecule has 134 valence electrons. The van der Waals surface area contributed by atoms with Crippen molar-refractivity contribution in [2.75, 3.05) is 66.6 Å². The number of rotatable bonds is 8. The Kier molecular flexibility index (Phi) is 7.94. The van der Waals surface area contributed by atoms with Gasteiger partial charge in [0.2, 0.25) is 11.8 Å². The van der Waals surface area contributed by atoms with Crippen molar-refractivity contribution < 1.29 is 14.3 Å². The minimum atomic E-state index is -0.101.